The lowest BCUT2D eigenvalue weighted by Crippen LogP contribution is -1.97. The first-order valence-corrected chi connectivity index (χ1v) is 10.4. The Morgan fingerprint density at radius 2 is 0.821 bits per heavy atom. The zero-order valence-electron chi connectivity index (χ0n) is 14.7. The minimum Gasteiger partial charge on any atom is -0.456 e. The molecule has 0 atom stereocenters. The van der Waals surface area contributed by atoms with E-state index in [0.29, 0.717) is 0 Å². The number of benzene rings is 4. The van der Waals surface area contributed by atoms with E-state index < -0.39 is 0 Å². The molecule has 0 spiro atoms. The molecule has 0 bridgehead atoms. The van der Waals surface area contributed by atoms with E-state index in [9.17, 15) is 0 Å². The second-order valence-electron chi connectivity index (χ2n) is 6.48. The maximum absolute atomic E-state index is 6.44. The van der Waals surface area contributed by atoms with E-state index in [4.69, 9.17) is 9.47 Å². The number of hydrogen-bond donors (Lipinski definition) is 0. The molecule has 4 aromatic carbocycles. The number of fused-ring (bicyclic) bond motifs is 6. The Hall–Kier alpha value is -2.56. The highest BCUT2D eigenvalue weighted by Crippen LogP contribution is 2.47. The summed E-state index contributed by atoms with van der Waals surface area (Å²) in [5.74, 6) is 3.14. The van der Waals surface area contributed by atoms with Crippen molar-refractivity contribution in [2.24, 2.45) is 0 Å². The second kappa shape index (κ2) is 7.12. The molecule has 0 saturated heterocycles. The highest BCUT2D eigenvalue weighted by molar-refractivity contribution is 9.10. The van der Waals surface area contributed by atoms with Crippen molar-refractivity contribution in [3.8, 4) is 45.3 Å². The summed E-state index contributed by atoms with van der Waals surface area (Å²) in [6.45, 7) is 0. The van der Waals surface area contributed by atoms with Crippen molar-refractivity contribution in [3.63, 3.8) is 0 Å². The van der Waals surface area contributed by atoms with Crippen LogP contribution in [0.25, 0.3) is 22.3 Å². The standard InChI is InChI=1S/C24H14Br2O2/c25-15-9-11-23-19(13-15)17-5-1-3-7-21(17)27-22-8-4-2-6-18(22)20-14-16(26)10-12-24(20)28-23/h1-14H. The Labute approximate surface area is 180 Å². The second-order valence-corrected chi connectivity index (χ2v) is 8.31. The van der Waals surface area contributed by atoms with Crippen LogP contribution >= 0.6 is 31.9 Å². The molecule has 1 aliphatic rings. The summed E-state index contributed by atoms with van der Waals surface area (Å²) in [7, 11) is 0. The zero-order valence-corrected chi connectivity index (χ0v) is 17.8. The number of rotatable bonds is 0. The van der Waals surface area contributed by atoms with E-state index in [1.165, 1.54) is 0 Å². The van der Waals surface area contributed by atoms with Gasteiger partial charge in [0.2, 0.25) is 0 Å². The average Bonchev–Trinajstić information content (AvgIpc) is 2.71. The monoisotopic (exact) mass is 492 g/mol. The number of para-hydroxylation sites is 2. The topological polar surface area (TPSA) is 18.5 Å². The highest BCUT2D eigenvalue weighted by Gasteiger charge is 2.20. The zero-order chi connectivity index (χ0) is 19.1. The molecular formula is C24H14Br2O2. The molecule has 0 fully saturated rings. The normalized spacial score (nSPS) is 11.8. The molecular weight excluding hydrogens is 480 g/mol. The molecule has 0 radical (unpaired) electrons. The Morgan fingerprint density at radius 3 is 1.29 bits per heavy atom. The van der Waals surface area contributed by atoms with Gasteiger partial charge in [0, 0.05) is 31.2 Å². The minimum absolute atomic E-state index is 0.780. The van der Waals surface area contributed by atoms with Gasteiger partial charge in [-0.3, -0.25) is 0 Å². The highest BCUT2D eigenvalue weighted by atomic mass is 79.9. The Morgan fingerprint density at radius 1 is 0.429 bits per heavy atom. The molecule has 0 N–H and O–H groups in total. The summed E-state index contributed by atoms with van der Waals surface area (Å²) in [6, 6.07) is 28.1. The molecule has 1 aliphatic heterocycles. The fourth-order valence-electron chi connectivity index (χ4n) is 3.40. The van der Waals surface area contributed by atoms with Gasteiger partial charge in [-0.2, -0.15) is 0 Å². The maximum atomic E-state index is 6.44. The maximum Gasteiger partial charge on any atom is 0.135 e. The summed E-state index contributed by atoms with van der Waals surface area (Å²) < 4.78 is 14.8. The third kappa shape index (κ3) is 3.13. The van der Waals surface area contributed by atoms with Crippen LogP contribution in [-0.2, 0) is 0 Å². The van der Waals surface area contributed by atoms with Gasteiger partial charge >= 0.3 is 0 Å². The number of ether oxygens (including phenoxy) is 2. The van der Waals surface area contributed by atoms with Gasteiger partial charge in [0.1, 0.15) is 23.0 Å². The minimum atomic E-state index is 0.780. The fourth-order valence-corrected chi connectivity index (χ4v) is 4.12. The van der Waals surface area contributed by atoms with Crippen molar-refractivity contribution in [1.82, 2.24) is 0 Å². The summed E-state index contributed by atoms with van der Waals surface area (Å²) in [4.78, 5) is 0. The van der Waals surface area contributed by atoms with Crippen LogP contribution in [-0.4, -0.2) is 0 Å². The molecule has 5 rings (SSSR count). The van der Waals surface area contributed by atoms with Crippen LogP contribution in [0, 0.1) is 0 Å². The van der Waals surface area contributed by atoms with Crippen molar-refractivity contribution >= 4 is 31.9 Å². The van der Waals surface area contributed by atoms with Crippen molar-refractivity contribution < 1.29 is 9.47 Å². The largest absolute Gasteiger partial charge is 0.456 e. The Kier molecular flexibility index (Phi) is 4.46. The summed E-state index contributed by atoms with van der Waals surface area (Å²) in [5.41, 5.74) is 3.90. The van der Waals surface area contributed by atoms with Crippen LogP contribution in [0.5, 0.6) is 23.0 Å². The average molecular weight is 494 g/mol. The van der Waals surface area contributed by atoms with Crippen LogP contribution < -0.4 is 9.47 Å². The van der Waals surface area contributed by atoms with Crippen molar-refractivity contribution in [2.75, 3.05) is 0 Å². The van der Waals surface area contributed by atoms with Gasteiger partial charge in [0.25, 0.3) is 0 Å². The molecule has 4 heteroatoms. The summed E-state index contributed by atoms with van der Waals surface area (Å²) in [6.07, 6.45) is 0. The van der Waals surface area contributed by atoms with E-state index in [-0.39, 0.29) is 0 Å². The first-order chi connectivity index (χ1) is 13.7. The van der Waals surface area contributed by atoms with Gasteiger partial charge in [0.05, 0.1) is 0 Å². The van der Waals surface area contributed by atoms with Gasteiger partial charge in [-0.1, -0.05) is 68.3 Å². The third-order valence-corrected chi connectivity index (χ3v) is 5.66. The molecule has 0 aliphatic carbocycles. The van der Waals surface area contributed by atoms with Gasteiger partial charge in [-0.25, -0.2) is 0 Å². The molecule has 0 aromatic heterocycles. The van der Waals surface area contributed by atoms with Crippen LogP contribution in [0.2, 0.25) is 0 Å². The van der Waals surface area contributed by atoms with E-state index in [1.54, 1.807) is 0 Å². The van der Waals surface area contributed by atoms with Crippen molar-refractivity contribution in [2.45, 2.75) is 0 Å². The first kappa shape index (κ1) is 17.5. The predicted molar refractivity (Wildman–Crippen MR) is 119 cm³/mol. The van der Waals surface area contributed by atoms with Crippen molar-refractivity contribution in [1.29, 1.82) is 0 Å². The molecule has 0 amide bonds. The van der Waals surface area contributed by atoms with Gasteiger partial charge < -0.3 is 9.47 Å². The lowest BCUT2D eigenvalue weighted by Gasteiger charge is -2.21. The fraction of sp³-hybridized carbons (Fsp3) is 0. The summed E-state index contributed by atoms with van der Waals surface area (Å²) in [5, 5.41) is 0. The quantitative estimate of drug-likeness (QED) is 0.215. The molecule has 0 saturated carbocycles. The smallest absolute Gasteiger partial charge is 0.135 e. The molecule has 1 heterocycles. The van der Waals surface area contributed by atoms with Crippen LogP contribution in [0.3, 0.4) is 0 Å². The van der Waals surface area contributed by atoms with E-state index >= 15 is 0 Å². The van der Waals surface area contributed by atoms with E-state index in [2.05, 4.69) is 56.1 Å². The van der Waals surface area contributed by atoms with Gasteiger partial charge in [-0.15, -0.1) is 0 Å². The SMILES string of the molecule is Brc1ccc2c(c1)-c1ccccc1Oc1ccccc1-c1cc(Br)ccc1O2. The van der Waals surface area contributed by atoms with Crippen LogP contribution in [0.15, 0.2) is 93.9 Å². The van der Waals surface area contributed by atoms with Crippen LogP contribution in [0.4, 0.5) is 0 Å². The number of halogens is 2. The Bertz CT molecular complexity index is 1110. The van der Waals surface area contributed by atoms with Crippen molar-refractivity contribution in [3.05, 3.63) is 93.9 Å². The Balaban J connectivity index is 1.84. The molecule has 136 valence electrons. The van der Waals surface area contributed by atoms with Gasteiger partial charge in [-0.05, 0) is 48.5 Å². The molecule has 2 nitrogen and oxygen atoms in total. The molecule has 4 aromatic rings. The van der Waals surface area contributed by atoms with E-state index in [0.717, 1.165) is 54.2 Å². The molecule has 0 unspecified atom stereocenters. The lowest BCUT2D eigenvalue weighted by molar-refractivity contribution is 0.472. The van der Waals surface area contributed by atoms with E-state index in [1.807, 2.05) is 60.7 Å². The first-order valence-electron chi connectivity index (χ1n) is 8.83. The number of hydrogen-bond acceptors (Lipinski definition) is 2. The summed E-state index contributed by atoms with van der Waals surface area (Å²) >= 11 is 7.17. The predicted octanol–water partition coefficient (Wildman–Crippen LogP) is 8.44. The molecule has 28 heavy (non-hydrogen) atoms. The third-order valence-electron chi connectivity index (χ3n) is 4.68. The van der Waals surface area contributed by atoms with Gasteiger partial charge in [0.15, 0.2) is 0 Å². The van der Waals surface area contributed by atoms with Crippen LogP contribution in [0.1, 0.15) is 0 Å². The lowest BCUT2D eigenvalue weighted by atomic mass is 10.0.